The average Bonchev–Trinajstić information content (AvgIpc) is 2.40. The standard InChI is InChI=1S/C15H22N2O2/c1-3-17(12-7-6-8-13(18)11-12)14(19)15(2)9-4-5-10-16-15/h6-8,11,16,18H,3-5,9-10H2,1-2H3. The SMILES string of the molecule is CCN(C(=O)C1(C)CCCCN1)c1cccc(O)c1. The summed E-state index contributed by atoms with van der Waals surface area (Å²) in [6, 6.07) is 6.86. The van der Waals surface area contributed by atoms with Crippen molar-refractivity contribution in [3.05, 3.63) is 24.3 Å². The van der Waals surface area contributed by atoms with Crippen molar-refractivity contribution in [2.75, 3.05) is 18.0 Å². The van der Waals surface area contributed by atoms with Gasteiger partial charge in [-0.3, -0.25) is 4.79 Å². The maximum absolute atomic E-state index is 12.7. The summed E-state index contributed by atoms with van der Waals surface area (Å²) in [5.41, 5.74) is 0.265. The molecular weight excluding hydrogens is 240 g/mol. The second-order valence-electron chi connectivity index (χ2n) is 5.29. The monoisotopic (exact) mass is 262 g/mol. The van der Waals surface area contributed by atoms with E-state index in [1.807, 2.05) is 19.9 Å². The molecule has 1 unspecified atom stereocenters. The molecule has 104 valence electrons. The van der Waals surface area contributed by atoms with E-state index in [-0.39, 0.29) is 11.7 Å². The number of hydrogen-bond donors (Lipinski definition) is 2. The first-order valence-corrected chi connectivity index (χ1v) is 6.93. The lowest BCUT2D eigenvalue weighted by Gasteiger charge is -2.37. The van der Waals surface area contributed by atoms with E-state index in [1.165, 1.54) is 0 Å². The summed E-state index contributed by atoms with van der Waals surface area (Å²) >= 11 is 0. The molecule has 2 N–H and O–H groups in total. The number of piperidine rings is 1. The fourth-order valence-electron chi connectivity index (χ4n) is 2.64. The minimum absolute atomic E-state index is 0.0836. The van der Waals surface area contributed by atoms with E-state index < -0.39 is 5.54 Å². The lowest BCUT2D eigenvalue weighted by molar-refractivity contribution is -0.125. The molecule has 0 aliphatic carbocycles. The Morgan fingerprint density at radius 2 is 2.26 bits per heavy atom. The molecule has 1 heterocycles. The Balaban J connectivity index is 2.24. The lowest BCUT2D eigenvalue weighted by Crippen LogP contribution is -2.58. The number of hydrogen-bond acceptors (Lipinski definition) is 3. The van der Waals surface area contributed by atoms with E-state index in [1.54, 1.807) is 23.1 Å². The van der Waals surface area contributed by atoms with Crippen molar-refractivity contribution in [2.24, 2.45) is 0 Å². The first-order valence-electron chi connectivity index (χ1n) is 6.93. The Kier molecular flexibility index (Phi) is 4.10. The fourth-order valence-corrected chi connectivity index (χ4v) is 2.64. The van der Waals surface area contributed by atoms with E-state index in [2.05, 4.69) is 5.32 Å². The maximum Gasteiger partial charge on any atom is 0.246 e. The number of nitrogens with zero attached hydrogens (tertiary/aromatic N) is 1. The molecule has 2 rings (SSSR count). The zero-order valence-corrected chi connectivity index (χ0v) is 11.6. The fraction of sp³-hybridized carbons (Fsp3) is 0.533. The van der Waals surface area contributed by atoms with Gasteiger partial charge >= 0.3 is 0 Å². The highest BCUT2D eigenvalue weighted by Crippen LogP contribution is 2.26. The highest BCUT2D eigenvalue weighted by Gasteiger charge is 2.37. The number of amides is 1. The third-order valence-corrected chi connectivity index (χ3v) is 3.79. The summed E-state index contributed by atoms with van der Waals surface area (Å²) in [6.45, 7) is 5.41. The molecule has 1 aliphatic heterocycles. The Hall–Kier alpha value is -1.55. The minimum atomic E-state index is -0.486. The molecule has 1 amide bonds. The number of aromatic hydroxyl groups is 1. The summed E-state index contributed by atoms with van der Waals surface area (Å²) in [6.07, 6.45) is 3.06. The largest absolute Gasteiger partial charge is 0.508 e. The van der Waals surface area contributed by atoms with Gasteiger partial charge in [0.15, 0.2) is 0 Å². The topological polar surface area (TPSA) is 52.6 Å². The number of carbonyl (C=O) groups is 1. The van der Waals surface area contributed by atoms with Gasteiger partial charge in [0.1, 0.15) is 5.75 Å². The molecule has 1 aliphatic rings. The first kappa shape index (κ1) is 13.9. The van der Waals surface area contributed by atoms with Crippen LogP contribution in [0.4, 0.5) is 5.69 Å². The summed E-state index contributed by atoms with van der Waals surface area (Å²) < 4.78 is 0. The van der Waals surface area contributed by atoms with Gasteiger partial charge in [0.2, 0.25) is 5.91 Å². The third kappa shape index (κ3) is 2.89. The summed E-state index contributed by atoms with van der Waals surface area (Å²) in [4.78, 5) is 14.5. The van der Waals surface area contributed by atoms with Crippen LogP contribution < -0.4 is 10.2 Å². The maximum atomic E-state index is 12.7. The second kappa shape index (κ2) is 5.61. The van der Waals surface area contributed by atoms with Crippen LogP contribution in [0.2, 0.25) is 0 Å². The smallest absolute Gasteiger partial charge is 0.246 e. The normalized spacial score (nSPS) is 23.1. The zero-order chi connectivity index (χ0) is 13.9. The number of likely N-dealkylation sites (N-methyl/N-ethyl adjacent to an activating group) is 1. The van der Waals surface area contributed by atoms with Crippen molar-refractivity contribution in [1.82, 2.24) is 5.32 Å². The number of carbonyl (C=O) groups excluding carboxylic acids is 1. The van der Waals surface area contributed by atoms with Crippen molar-refractivity contribution < 1.29 is 9.90 Å². The van der Waals surface area contributed by atoms with E-state index >= 15 is 0 Å². The van der Waals surface area contributed by atoms with Crippen LogP contribution in [-0.4, -0.2) is 29.6 Å². The number of phenolic OH excluding ortho intramolecular Hbond substituents is 1. The van der Waals surface area contributed by atoms with Crippen LogP contribution in [0.1, 0.15) is 33.1 Å². The molecule has 1 aromatic carbocycles. The van der Waals surface area contributed by atoms with Crippen LogP contribution in [0.15, 0.2) is 24.3 Å². The lowest BCUT2D eigenvalue weighted by atomic mass is 9.89. The van der Waals surface area contributed by atoms with Crippen LogP contribution in [0, 0.1) is 0 Å². The Bertz CT molecular complexity index is 453. The number of nitrogens with one attached hydrogen (secondary N) is 1. The number of benzene rings is 1. The highest BCUT2D eigenvalue weighted by atomic mass is 16.3. The minimum Gasteiger partial charge on any atom is -0.508 e. The van der Waals surface area contributed by atoms with Crippen LogP contribution in [0.5, 0.6) is 5.75 Å². The van der Waals surface area contributed by atoms with Crippen LogP contribution >= 0.6 is 0 Å². The van der Waals surface area contributed by atoms with Crippen molar-refractivity contribution >= 4 is 11.6 Å². The van der Waals surface area contributed by atoms with E-state index in [4.69, 9.17) is 0 Å². The molecule has 1 saturated heterocycles. The average molecular weight is 262 g/mol. The summed E-state index contributed by atoms with van der Waals surface area (Å²) in [7, 11) is 0. The Morgan fingerprint density at radius 3 is 2.84 bits per heavy atom. The predicted octanol–water partition coefficient (Wildman–Crippen LogP) is 2.28. The molecule has 1 aromatic rings. The third-order valence-electron chi connectivity index (χ3n) is 3.79. The molecule has 4 heteroatoms. The molecule has 4 nitrogen and oxygen atoms in total. The quantitative estimate of drug-likeness (QED) is 0.878. The van der Waals surface area contributed by atoms with Crippen molar-refractivity contribution in [2.45, 2.75) is 38.6 Å². The summed E-state index contributed by atoms with van der Waals surface area (Å²) in [5, 5.41) is 12.9. The van der Waals surface area contributed by atoms with E-state index in [0.717, 1.165) is 31.5 Å². The van der Waals surface area contributed by atoms with Crippen molar-refractivity contribution in [3.63, 3.8) is 0 Å². The number of anilines is 1. The van der Waals surface area contributed by atoms with Crippen molar-refractivity contribution in [3.8, 4) is 5.75 Å². The van der Waals surface area contributed by atoms with Gasteiger partial charge in [-0.1, -0.05) is 6.07 Å². The van der Waals surface area contributed by atoms with Gasteiger partial charge in [-0.15, -0.1) is 0 Å². The molecule has 0 spiro atoms. The Morgan fingerprint density at radius 1 is 1.47 bits per heavy atom. The van der Waals surface area contributed by atoms with Gasteiger partial charge in [-0.2, -0.15) is 0 Å². The van der Waals surface area contributed by atoms with Gasteiger partial charge < -0.3 is 15.3 Å². The molecule has 1 fully saturated rings. The zero-order valence-electron chi connectivity index (χ0n) is 11.6. The molecule has 19 heavy (non-hydrogen) atoms. The molecule has 0 aromatic heterocycles. The van der Waals surface area contributed by atoms with Gasteiger partial charge in [-0.25, -0.2) is 0 Å². The molecule has 1 atom stereocenters. The van der Waals surface area contributed by atoms with Crippen molar-refractivity contribution in [1.29, 1.82) is 0 Å². The van der Waals surface area contributed by atoms with Gasteiger partial charge in [-0.05, 0) is 51.8 Å². The van der Waals surface area contributed by atoms with Crippen LogP contribution in [-0.2, 0) is 4.79 Å². The van der Waals surface area contributed by atoms with Gasteiger partial charge in [0.25, 0.3) is 0 Å². The Labute approximate surface area is 114 Å². The molecule has 0 bridgehead atoms. The van der Waals surface area contributed by atoms with Gasteiger partial charge in [0, 0.05) is 18.3 Å². The van der Waals surface area contributed by atoms with Crippen LogP contribution in [0.25, 0.3) is 0 Å². The molecular formula is C15H22N2O2. The summed E-state index contributed by atoms with van der Waals surface area (Å²) in [5.74, 6) is 0.269. The second-order valence-corrected chi connectivity index (χ2v) is 5.29. The first-order chi connectivity index (χ1) is 9.07. The van der Waals surface area contributed by atoms with E-state index in [9.17, 15) is 9.90 Å². The molecule has 0 saturated carbocycles. The predicted molar refractivity (Wildman–Crippen MR) is 76.4 cm³/mol. The number of rotatable bonds is 3. The highest BCUT2D eigenvalue weighted by molar-refractivity contribution is 6.00. The molecule has 0 radical (unpaired) electrons. The van der Waals surface area contributed by atoms with Crippen LogP contribution in [0.3, 0.4) is 0 Å². The van der Waals surface area contributed by atoms with Gasteiger partial charge in [0.05, 0.1) is 5.54 Å². The number of phenols is 1. The van der Waals surface area contributed by atoms with E-state index in [0.29, 0.717) is 6.54 Å².